The van der Waals surface area contributed by atoms with E-state index in [2.05, 4.69) is 4.90 Å². The van der Waals surface area contributed by atoms with Crippen LogP contribution in [0.15, 0.2) is 83.9 Å². The van der Waals surface area contributed by atoms with Gasteiger partial charge in [-0.05, 0) is 35.7 Å². The van der Waals surface area contributed by atoms with Crippen LogP contribution in [-0.2, 0) is 5.66 Å². The summed E-state index contributed by atoms with van der Waals surface area (Å²) in [6.07, 6.45) is 0. The lowest BCUT2D eigenvalue weighted by atomic mass is 9.98. The molecule has 8 heteroatoms. The number of nitrogens with zero attached hydrogens (tertiary/aromatic N) is 4. The van der Waals surface area contributed by atoms with Crippen LogP contribution >= 0.6 is 0 Å². The maximum Gasteiger partial charge on any atom is 0.269 e. The first kappa shape index (κ1) is 19.1. The average molecular weight is 414 g/mol. The molecule has 0 aromatic heterocycles. The van der Waals surface area contributed by atoms with Gasteiger partial charge in [0.25, 0.3) is 11.4 Å². The number of non-ortho nitro benzene ring substituents is 2. The van der Waals surface area contributed by atoms with Gasteiger partial charge in [-0.2, -0.15) is 0 Å². The van der Waals surface area contributed by atoms with Crippen LogP contribution in [0.1, 0.15) is 29.7 Å². The number of hydrogen-bond donors (Lipinski definition) is 0. The highest BCUT2D eigenvalue weighted by Gasteiger charge is 2.64. The Morgan fingerprint density at radius 3 is 1.90 bits per heavy atom. The summed E-state index contributed by atoms with van der Waals surface area (Å²) in [4.78, 5) is 28.6. The van der Waals surface area contributed by atoms with Crippen molar-refractivity contribution < 1.29 is 9.85 Å². The molecule has 4 atom stereocenters. The van der Waals surface area contributed by atoms with Gasteiger partial charge in [0.1, 0.15) is 5.66 Å². The first-order valence-corrected chi connectivity index (χ1v) is 9.83. The van der Waals surface area contributed by atoms with Gasteiger partial charge in [-0.3, -0.25) is 30.1 Å². The third-order valence-electron chi connectivity index (χ3n) is 6.07. The van der Waals surface area contributed by atoms with E-state index in [1.807, 2.05) is 37.3 Å². The van der Waals surface area contributed by atoms with Crippen molar-refractivity contribution in [1.29, 1.82) is 0 Å². The molecule has 0 N–H and O–H groups in total. The van der Waals surface area contributed by atoms with Gasteiger partial charge in [-0.1, -0.05) is 42.5 Å². The lowest BCUT2D eigenvalue weighted by molar-refractivity contribution is -0.385. The Balaban J connectivity index is 1.57. The Hall–Kier alpha value is -3.91. The molecule has 0 radical (unpaired) electrons. The van der Waals surface area contributed by atoms with Crippen molar-refractivity contribution in [2.24, 2.45) is 4.99 Å². The molecule has 4 unspecified atom stereocenters. The third-order valence-corrected chi connectivity index (χ3v) is 6.07. The number of rotatable bonds is 5. The normalized spacial score (nSPS) is 26.1. The smallest absolute Gasteiger partial charge is 0.260 e. The fourth-order valence-electron chi connectivity index (χ4n) is 4.51. The first-order chi connectivity index (χ1) is 14.9. The second-order valence-corrected chi connectivity index (χ2v) is 7.83. The maximum absolute atomic E-state index is 11.1. The molecule has 8 nitrogen and oxygen atoms in total. The quantitative estimate of drug-likeness (QED) is 0.345. The predicted molar refractivity (Wildman–Crippen MR) is 115 cm³/mol. The molecule has 1 saturated heterocycles. The molecular weight excluding hydrogens is 396 g/mol. The van der Waals surface area contributed by atoms with Crippen molar-refractivity contribution in [2.75, 3.05) is 0 Å². The van der Waals surface area contributed by atoms with E-state index in [9.17, 15) is 20.2 Å². The Morgan fingerprint density at radius 2 is 1.35 bits per heavy atom. The van der Waals surface area contributed by atoms with E-state index in [-0.39, 0.29) is 23.5 Å². The number of benzene rings is 3. The van der Waals surface area contributed by atoms with E-state index in [4.69, 9.17) is 4.99 Å². The molecule has 0 spiro atoms. The average Bonchev–Trinajstić information content (AvgIpc) is 3.46. The van der Waals surface area contributed by atoms with Crippen molar-refractivity contribution in [3.63, 3.8) is 0 Å². The SMILES string of the molecule is CC1(c2ccc([N+](=O)[O-])cc2)N=C(c2ccccc2)C2C(c3ccc([N+](=O)[O-])cc3)N21. The highest BCUT2D eigenvalue weighted by Crippen LogP contribution is 2.58. The van der Waals surface area contributed by atoms with Crippen LogP contribution in [0.25, 0.3) is 0 Å². The fraction of sp³-hybridized carbons (Fsp3) is 0.174. The predicted octanol–water partition coefficient (Wildman–Crippen LogP) is 4.60. The van der Waals surface area contributed by atoms with Gasteiger partial charge in [0, 0.05) is 24.3 Å². The number of nitro benzene ring substituents is 2. The molecule has 2 aliphatic heterocycles. The molecule has 154 valence electrons. The van der Waals surface area contributed by atoms with E-state index in [0.717, 1.165) is 22.4 Å². The summed E-state index contributed by atoms with van der Waals surface area (Å²) in [6.45, 7) is 2.00. The molecular formula is C23H18N4O4. The van der Waals surface area contributed by atoms with Crippen LogP contribution in [0.2, 0.25) is 0 Å². The van der Waals surface area contributed by atoms with Gasteiger partial charge < -0.3 is 0 Å². The molecule has 0 amide bonds. The summed E-state index contributed by atoms with van der Waals surface area (Å²) in [5, 5.41) is 22.1. The number of fused-ring (bicyclic) bond motifs is 1. The summed E-state index contributed by atoms with van der Waals surface area (Å²) >= 11 is 0. The number of hydrogen-bond acceptors (Lipinski definition) is 6. The second kappa shape index (κ2) is 6.82. The van der Waals surface area contributed by atoms with Crippen molar-refractivity contribution in [2.45, 2.75) is 24.7 Å². The molecule has 0 saturated carbocycles. The fourth-order valence-corrected chi connectivity index (χ4v) is 4.51. The third kappa shape index (κ3) is 3.00. The minimum Gasteiger partial charge on any atom is -0.260 e. The van der Waals surface area contributed by atoms with Gasteiger partial charge in [-0.15, -0.1) is 0 Å². The van der Waals surface area contributed by atoms with Crippen LogP contribution in [-0.4, -0.2) is 26.5 Å². The molecule has 3 aromatic carbocycles. The zero-order valence-corrected chi connectivity index (χ0v) is 16.6. The molecule has 2 aliphatic rings. The van der Waals surface area contributed by atoms with Crippen LogP contribution in [0.4, 0.5) is 11.4 Å². The zero-order chi connectivity index (χ0) is 21.8. The zero-order valence-electron chi connectivity index (χ0n) is 16.6. The number of nitro groups is 2. The lowest BCUT2D eigenvalue weighted by Crippen LogP contribution is -2.27. The van der Waals surface area contributed by atoms with E-state index in [1.165, 1.54) is 24.3 Å². The Kier molecular flexibility index (Phi) is 4.19. The van der Waals surface area contributed by atoms with E-state index >= 15 is 0 Å². The summed E-state index contributed by atoms with van der Waals surface area (Å²) < 4.78 is 0. The summed E-state index contributed by atoms with van der Waals surface area (Å²) in [5.41, 5.74) is 3.20. The molecule has 5 rings (SSSR count). The minimum absolute atomic E-state index is 0.0219. The highest BCUT2D eigenvalue weighted by molar-refractivity contribution is 6.08. The van der Waals surface area contributed by atoms with Gasteiger partial charge in [-0.25, -0.2) is 0 Å². The van der Waals surface area contributed by atoms with Crippen molar-refractivity contribution >= 4 is 17.1 Å². The highest BCUT2D eigenvalue weighted by atomic mass is 16.6. The molecule has 0 bridgehead atoms. The number of aliphatic imine (C=N–C) groups is 1. The van der Waals surface area contributed by atoms with Gasteiger partial charge in [0.05, 0.1) is 27.6 Å². The van der Waals surface area contributed by atoms with Gasteiger partial charge in [0.15, 0.2) is 0 Å². The van der Waals surface area contributed by atoms with Crippen LogP contribution in [0.3, 0.4) is 0 Å². The Bertz CT molecular complexity index is 1210. The molecule has 0 aliphatic carbocycles. The standard InChI is InChI=1S/C23H18N4O4/c1-23(17-9-13-19(14-10-17)27(30)31)24-20(15-5-3-2-4-6-15)22-21(25(22)23)16-7-11-18(12-8-16)26(28)29/h2-14,21-22H,1H3. The van der Waals surface area contributed by atoms with E-state index in [0.29, 0.717) is 0 Å². The van der Waals surface area contributed by atoms with Crippen LogP contribution in [0, 0.1) is 20.2 Å². The van der Waals surface area contributed by atoms with E-state index in [1.54, 1.807) is 24.3 Å². The Morgan fingerprint density at radius 1 is 0.806 bits per heavy atom. The largest absolute Gasteiger partial charge is 0.269 e. The van der Waals surface area contributed by atoms with Gasteiger partial charge >= 0.3 is 0 Å². The molecule has 3 aromatic rings. The van der Waals surface area contributed by atoms with E-state index < -0.39 is 15.5 Å². The van der Waals surface area contributed by atoms with Crippen LogP contribution in [0.5, 0.6) is 0 Å². The Labute approximate surface area is 177 Å². The maximum atomic E-state index is 11.1. The van der Waals surface area contributed by atoms with Crippen LogP contribution < -0.4 is 0 Å². The molecule has 2 heterocycles. The minimum atomic E-state index is -0.697. The second-order valence-electron chi connectivity index (χ2n) is 7.83. The summed E-state index contributed by atoms with van der Waals surface area (Å²) in [6, 6.07) is 23.1. The molecule has 1 fully saturated rings. The first-order valence-electron chi connectivity index (χ1n) is 9.83. The van der Waals surface area contributed by atoms with Gasteiger partial charge in [0.2, 0.25) is 0 Å². The lowest BCUT2D eigenvalue weighted by Gasteiger charge is -2.26. The van der Waals surface area contributed by atoms with Crippen molar-refractivity contribution in [3.8, 4) is 0 Å². The van der Waals surface area contributed by atoms with Crippen molar-refractivity contribution in [1.82, 2.24) is 4.90 Å². The summed E-state index contributed by atoms with van der Waals surface area (Å²) in [5.74, 6) is 0. The molecule has 31 heavy (non-hydrogen) atoms. The monoisotopic (exact) mass is 414 g/mol. The summed E-state index contributed by atoms with van der Waals surface area (Å²) in [7, 11) is 0. The topological polar surface area (TPSA) is 102 Å². The van der Waals surface area contributed by atoms with Crippen molar-refractivity contribution in [3.05, 3.63) is 116 Å².